The third-order valence-corrected chi connectivity index (χ3v) is 3.29. The molecule has 0 saturated heterocycles. The van der Waals surface area contributed by atoms with Crippen molar-refractivity contribution in [2.45, 2.75) is 27.7 Å². The molecule has 0 aliphatic heterocycles. The number of hydrogen-bond acceptors (Lipinski definition) is 3. The monoisotopic (exact) mass is 265 g/mol. The second-order valence-corrected chi connectivity index (χ2v) is 4.83. The standard InChI is InChI=1S/C8H11N.C6H6OS.CH4.H2/c1-6-3-4-8(9)5-7(6)2;7-4-3-6-2-1-5-8-6;;/h3-5H,9H2,1-2H3;1-2,4-5H,3H2;1H4;1H. The van der Waals surface area contributed by atoms with E-state index in [1.807, 2.05) is 35.7 Å². The first-order valence-electron chi connectivity index (χ1n) is 5.42. The van der Waals surface area contributed by atoms with Gasteiger partial charge >= 0.3 is 0 Å². The summed E-state index contributed by atoms with van der Waals surface area (Å²) in [5.41, 5.74) is 8.93. The Morgan fingerprint density at radius 3 is 2.44 bits per heavy atom. The molecule has 0 amide bonds. The van der Waals surface area contributed by atoms with Crippen LogP contribution in [0, 0.1) is 13.8 Å². The Labute approximate surface area is 115 Å². The highest BCUT2D eigenvalue weighted by atomic mass is 32.1. The number of nitrogen functional groups attached to an aromatic ring is 1. The van der Waals surface area contributed by atoms with Crippen LogP contribution in [0.3, 0.4) is 0 Å². The number of rotatable bonds is 2. The molecule has 1 aromatic carbocycles. The van der Waals surface area contributed by atoms with Crippen LogP contribution in [0.15, 0.2) is 35.7 Å². The van der Waals surface area contributed by atoms with Crippen LogP contribution in [0.1, 0.15) is 24.9 Å². The first-order valence-corrected chi connectivity index (χ1v) is 6.30. The summed E-state index contributed by atoms with van der Waals surface area (Å²) in [6.07, 6.45) is 1.49. The topological polar surface area (TPSA) is 43.1 Å². The minimum atomic E-state index is 0. The summed E-state index contributed by atoms with van der Waals surface area (Å²) in [7, 11) is 0. The van der Waals surface area contributed by atoms with E-state index in [1.165, 1.54) is 11.1 Å². The van der Waals surface area contributed by atoms with Gasteiger partial charge in [0.1, 0.15) is 6.29 Å². The number of benzene rings is 1. The van der Waals surface area contributed by atoms with Gasteiger partial charge in [-0.1, -0.05) is 19.6 Å². The van der Waals surface area contributed by atoms with E-state index in [1.54, 1.807) is 11.3 Å². The van der Waals surface area contributed by atoms with Crippen LogP contribution >= 0.6 is 11.3 Å². The molecule has 0 fully saturated rings. The van der Waals surface area contributed by atoms with Crippen LogP contribution in [0.5, 0.6) is 0 Å². The summed E-state index contributed by atoms with van der Waals surface area (Å²) in [5.74, 6) is 0. The molecule has 100 valence electrons. The van der Waals surface area contributed by atoms with Crippen molar-refractivity contribution in [2.24, 2.45) is 0 Å². The molecule has 2 aromatic rings. The van der Waals surface area contributed by atoms with Crippen LogP contribution in [-0.2, 0) is 11.2 Å². The molecule has 0 unspecified atom stereocenters. The van der Waals surface area contributed by atoms with Crippen LogP contribution in [0.4, 0.5) is 5.69 Å². The van der Waals surface area contributed by atoms with Gasteiger partial charge < -0.3 is 10.5 Å². The fourth-order valence-corrected chi connectivity index (χ4v) is 1.93. The fraction of sp³-hybridized carbons (Fsp3) is 0.267. The lowest BCUT2D eigenvalue weighted by Gasteiger charge is -1.98. The average molecular weight is 265 g/mol. The molecule has 2 rings (SSSR count). The molecule has 1 heterocycles. The highest BCUT2D eigenvalue weighted by Gasteiger charge is 1.89. The molecule has 3 heteroatoms. The van der Waals surface area contributed by atoms with E-state index in [0.717, 1.165) is 16.9 Å². The number of carbonyl (C=O) groups excluding carboxylic acids is 1. The number of anilines is 1. The highest BCUT2D eigenvalue weighted by molar-refractivity contribution is 7.10. The number of hydrogen-bond donors (Lipinski definition) is 1. The molecule has 0 aliphatic carbocycles. The summed E-state index contributed by atoms with van der Waals surface area (Å²) >= 11 is 1.62. The Morgan fingerprint density at radius 2 is 2.00 bits per heavy atom. The Bertz CT molecular complexity index is 469. The Kier molecular flexibility index (Phi) is 7.72. The highest BCUT2D eigenvalue weighted by Crippen LogP contribution is 2.10. The summed E-state index contributed by atoms with van der Waals surface area (Å²) in [4.78, 5) is 11.0. The van der Waals surface area contributed by atoms with Gasteiger partial charge in [-0.15, -0.1) is 11.3 Å². The van der Waals surface area contributed by atoms with E-state index in [0.29, 0.717) is 6.42 Å². The SMILES string of the molecule is C.Cc1ccc(N)cc1C.O=CCc1cccs1.[HH]. The zero-order chi connectivity index (χ0) is 12.7. The van der Waals surface area contributed by atoms with Crippen molar-refractivity contribution >= 4 is 23.3 Å². The van der Waals surface area contributed by atoms with Gasteiger partial charge in [-0.05, 0) is 48.6 Å². The predicted molar refractivity (Wildman–Crippen MR) is 83.3 cm³/mol. The maximum Gasteiger partial charge on any atom is 0.125 e. The summed E-state index contributed by atoms with van der Waals surface area (Å²) in [5, 5.41) is 1.97. The zero-order valence-electron chi connectivity index (χ0n) is 10.1. The first-order chi connectivity index (χ1) is 8.13. The van der Waals surface area contributed by atoms with Crippen molar-refractivity contribution in [3.63, 3.8) is 0 Å². The van der Waals surface area contributed by atoms with Gasteiger partial charge in [0.05, 0.1) is 0 Å². The van der Waals surface area contributed by atoms with Crippen LogP contribution in [-0.4, -0.2) is 6.29 Å². The van der Waals surface area contributed by atoms with Crippen LogP contribution in [0.25, 0.3) is 0 Å². The van der Waals surface area contributed by atoms with Gasteiger partial charge in [-0.2, -0.15) is 0 Å². The predicted octanol–water partition coefficient (Wildman–Crippen LogP) is 4.26. The maximum atomic E-state index is 9.88. The second-order valence-electron chi connectivity index (χ2n) is 3.79. The third kappa shape index (κ3) is 5.64. The van der Waals surface area contributed by atoms with E-state index < -0.39 is 0 Å². The number of aldehydes is 1. The lowest BCUT2D eigenvalue weighted by atomic mass is 10.1. The first kappa shape index (κ1) is 16.4. The number of thiophene rings is 1. The zero-order valence-corrected chi connectivity index (χ0v) is 11.0. The van der Waals surface area contributed by atoms with E-state index in [2.05, 4.69) is 13.8 Å². The van der Waals surface area contributed by atoms with Gasteiger partial charge in [-0.3, -0.25) is 0 Å². The molecule has 0 atom stereocenters. The van der Waals surface area contributed by atoms with Gasteiger partial charge in [0.15, 0.2) is 0 Å². The second kappa shape index (κ2) is 8.48. The van der Waals surface area contributed by atoms with Crippen LogP contribution in [0.2, 0.25) is 0 Å². The number of aryl methyl sites for hydroxylation is 2. The molecule has 2 nitrogen and oxygen atoms in total. The Hall–Kier alpha value is -1.61. The van der Waals surface area contributed by atoms with E-state index in [9.17, 15) is 4.79 Å². The quantitative estimate of drug-likeness (QED) is 0.651. The van der Waals surface area contributed by atoms with Crippen molar-refractivity contribution in [1.29, 1.82) is 0 Å². The van der Waals surface area contributed by atoms with Crippen molar-refractivity contribution in [2.75, 3.05) is 5.73 Å². The summed E-state index contributed by atoms with van der Waals surface area (Å²) in [6, 6.07) is 9.84. The van der Waals surface area contributed by atoms with E-state index in [-0.39, 0.29) is 8.85 Å². The molecule has 0 bridgehead atoms. The maximum absolute atomic E-state index is 9.88. The minimum Gasteiger partial charge on any atom is -0.399 e. The van der Waals surface area contributed by atoms with Gasteiger partial charge in [-0.25, -0.2) is 0 Å². The molecule has 0 spiro atoms. The fourth-order valence-electron chi connectivity index (χ4n) is 1.28. The molecule has 1 aromatic heterocycles. The molecule has 0 saturated carbocycles. The van der Waals surface area contributed by atoms with Crippen molar-refractivity contribution in [3.8, 4) is 0 Å². The lowest BCUT2D eigenvalue weighted by Crippen LogP contribution is -1.86. The van der Waals surface area contributed by atoms with Crippen molar-refractivity contribution < 1.29 is 6.22 Å². The largest absolute Gasteiger partial charge is 0.399 e. The number of carbonyl (C=O) groups is 1. The molecular weight excluding hydrogens is 242 g/mol. The van der Waals surface area contributed by atoms with Gasteiger partial charge in [0.2, 0.25) is 0 Å². The van der Waals surface area contributed by atoms with Crippen molar-refractivity contribution in [3.05, 3.63) is 51.7 Å². The third-order valence-electron chi connectivity index (χ3n) is 2.40. The van der Waals surface area contributed by atoms with Crippen molar-refractivity contribution in [1.82, 2.24) is 0 Å². The molecule has 18 heavy (non-hydrogen) atoms. The Balaban J connectivity index is 0. The smallest absolute Gasteiger partial charge is 0.125 e. The lowest BCUT2D eigenvalue weighted by molar-refractivity contribution is -0.107. The average Bonchev–Trinajstić information content (AvgIpc) is 2.78. The van der Waals surface area contributed by atoms with E-state index >= 15 is 0 Å². The molecule has 2 N–H and O–H groups in total. The Morgan fingerprint density at radius 1 is 1.28 bits per heavy atom. The van der Waals surface area contributed by atoms with Gasteiger partial charge in [0, 0.05) is 18.4 Å². The molecule has 0 radical (unpaired) electrons. The molecule has 0 aliphatic rings. The van der Waals surface area contributed by atoms with Crippen LogP contribution < -0.4 is 5.73 Å². The summed E-state index contributed by atoms with van der Waals surface area (Å²) < 4.78 is 0. The molecular formula is C15H23NOS. The number of nitrogens with two attached hydrogens (primary N) is 1. The normalized spacial score (nSPS) is 8.78. The van der Waals surface area contributed by atoms with Gasteiger partial charge in [0.25, 0.3) is 0 Å². The minimum absolute atomic E-state index is 0. The summed E-state index contributed by atoms with van der Waals surface area (Å²) in [6.45, 7) is 4.14. The van der Waals surface area contributed by atoms with E-state index in [4.69, 9.17) is 5.73 Å².